The second kappa shape index (κ2) is 30.3. The van der Waals surface area contributed by atoms with Gasteiger partial charge >= 0.3 is 0 Å². The first-order chi connectivity index (χ1) is 59.4. The van der Waals surface area contributed by atoms with Gasteiger partial charge in [-0.2, -0.15) is 0 Å². The van der Waals surface area contributed by atoms with Crippen molar-refractivity contribution in [2.45, 2.75) is 0 Å². The van der Waals surface area contributed by atoms with E-state index in [0.29, 0.717) is 11.6 Å². The molecule has 0 fully saturated rings. The molecule has 0 amide bonds. The van der Waals surface area contributed by atoms with Gasteiger partial charge in [0, 0.05) is 80.1 Å². The summed E-state index contributed by atoms with van der Waals surface area (Å²) in [6.45, 7) is 0. The third kappa shape index (κ3) is 13.2. The normalized spacial score (nSPS) is 11.5. The number of rotatable bonds is 12. The highest BCUT2D eigenvalue weighted by Gasteiger charge is 2.20. The Hall–Kier alpha value is -16.0. The van der Waals surface area contributed by atoms with Gasteiger partial charge in [-0.15, -0.1) is 0 Å². The van der Waals surface area contributed by atoms with Gasteiger partial charge < -0.3 is 0 Å². The monoisotopic (exact) mass is 1520 g/mol. The summed E-state index contributed by atoms with van der Waals surface area (Å²) in [7, 11) is 0. The minimum absolute atomic E-state index is 0.680. The van der Waals surface area contributed by atoms with Crippen molar-refractivity contribution in [2.75, 3.05) is 0 Å². The first-order valence-corrected chi connectivity index (χ1v) is 40.7. The van der Waals surface area contributed by atoms with Crippen LogP contribution in [0.4, 0.5) is 0 Å². The first kappa shape index (κ1) is 70.6. The second-order valence-corrected chi connectivity index (χ2v) is 30.8. The van der Waals surface area contributed by atoms with E-state index < -0.39 is 0 Å². The SMILES string of the molecule is c1cc(-c2nc(-c3ccc(-c4cncc5ccccc45)cc3)cc(-c3ccc(-c4cc5ccccc5c5ccccc45)cc3)n2)cc(-c2cccc3ccccc23)c1.c1ccc2c(-c3ccc(-c4cc(-c5ccc(-c6cc7ccccc7c7ccccc67)cc5)nc(-c5ccc(-c6cc7ccccc7c7ccccc67)cc5)n4)cc3)cncc2c1. The maximum atomic E-state index is 5.27. The summed E-state index contributed by atoms with van der Waals surface area (Å²) in [4.78, 5) is 30.1. The van der Waals surface area contributed by atoms with Crippen molar-refractivity contribution in [3.05, 3.63) is 437 Å². The summed E-state index contributed by atoms with van der Waals surface area (Å²) >= 11 is 0. The molecule has 0 atom stereocenters. The molecule has 19 aromatic carbocycles. The van der Waals surface area contributed by atoms with Crippen LogP contribution in [-0.2, 0) is 0 Å². The fourth-order valence-electron chi connectivity index (χ4n) is 17.7. The lowest BCUT2D eigenvalue weighted by molar-refractivity contribution is 1.18. The van der Waals surface area contributed by atoms with Crippen molar-refractivity contribution in [3.8, 4) is 135 Å². The molecule has 0 bridgehead atoms. The van der Waals surface area contributed by atoms with Gasteiger partial charge in [-0.25, -0.2) is 19.9 Å². The van der Waals surface area contributed by atoms with Crippen LogP contribution in [0.5, 0.6) is 0 Å². The van der Waals surface area contributed by atoms with Crippen LogP contribution in [0.1, 0.15) is 0 Å². The van der Waals surface area contributed by atoms with Gasteiger partial charge in [0.05, 0.1) is 22.8 Å². The highest BCUT2D eigenvalue weighted by atomic mass is 14.9. The van der Waals surface area contributed by atoms with Crippen molar-refractivity contribution in [1.29, 1.82) is 0 Å². The third-order valence-corrected chi connectivity index (χ3v) is 23.7. The Kier molecular flexibility index (Phi) is 17.8. The van der Waals surface area contributed by atoms with Gasteiger partial charge in [0.25, 0.3) is 0 Å². The molecule has 4 aromatic heterocycles. The summed E-state index contributed by atoms with van der Waals surface area (Å²) in [5.74, 6) is 1.36. The molecule has 0 N–H and O–H groups in total. The van der Waals surface area contributed by atoms with Crippen molar-refractivity contribution < 1.29 is 0 Å². The summed E-state index contributed by atoms with van der Waals surface area (Å²) in [5, 5.41) is 22.1. The lowest BCUT2D eigenvalue weighted by Crippen LogP contribution is -1.96. The van der Waals surface area contributed by atoms with Crippen molar-refractivity contribution in [1.82, 2.24) is 29.9 Å². The van der Waals surface area contributed by atoms with E-state index in [4.69, 9.17) is 19.9 Å². The molecule has 120 heavy (non-hydrogen) atoms. The molecule has 0 saturated carbocycles. The topological polar surface area (TPSA) is 77.3 Å². The van der Waals surface area contributed by atoms with Crippen LogP contribution in [-0.4, -0.2) is 29.9 Å². The van der Waals surface area contributed by atoms with Crippen LogP contribution in [0.2, 0.25) is 0 Å². The van der Waals surface area contributed by atoms with Crippen LogP contribution in [0.25, 0.3) is 232 Å². The number of hydrogen-bond acceptors (Lipinski definition) is 6. The molecule has 0 aliphatic rings. The van der Waals surface area contributed by atoms with E-state index in [-0.39, 0.29) is 0 Å². The standard InChI is InChI=1S/C59H37N3.C55H35N3/c1-4-14-47-44(11-1)33-54(52-19-9-7-17-50(47)52)38-21-27-41(28-22-38)57-35-58(42-29-23-40(24-30-42)56-37-60-36-46-13-3-6-16-49(46)56)62-59(61-57)43-31-25-39(26-32-43)55-34-45-12-2-5-15-48(45)51-18-8-10-20-53(51)55;1-4-17-45-36(11-1)14-10-22-46(45)41-15-9-16-43(31-41)55-57-53(33-54(58-55)40-29-25-38(26-30-40)52-35-56-34-44-13-3-6-19-48(44)52)39-27-23-37(24-28-39)51-32-42-12-2-5-18-47(42)49-20-7-8-21-50(49)51/h1-37H;1-35H. The van der Waals surface area contributed by atoms with Gasteiger partial charge in [-0.05, 0) is 178 Å². The molecule has 0 aliphatic heterocycles. The van der Waals surface area contributed by atoms with Crippen LogP contribution >= 0.6 is 0 Å². The number of hydrogen-bond donors (Lipinski definition) is 0. The fraction of sp³-hybridized carbons (Fsp3) is 0. The molecule has 0 saturated heterocycles. The highest BCUT2D eigenvalue weighted by molar-refractivity contribution is 6.17. The predicted octanol–water partition coefficient (Wildman–Crippen LogP) is 30.1. The zero-order valence-corrected chi connectivity index (χ0v) is 65.3. The number of fused-ring (bicyclic) bond motifs is 12. The van der Waals surface area contributed by atoms with Gasteiger partial charge in [0.2, 0.25) is 0 Å². The largest absolute Gasteiger partial charge is 0.263 e. The summed E-state index contributed by atoms with van der Waals surface area (Å²) in [6.07, 6.45) is 7.74. The molecule has 558 valence electrons. The molecule has 4 heterocycles. The second-order valence-electron chi connectivity index (χ2n) is 30.8. The molecule has 0 spiro atoms. The van der Waals surface area contributed by atoms with Crippen LogP contribution in [0.15, 0.2) is 437 Å². The van der Waals surface area contributed by atoms with Gasteiger partial charge in [-0.3, -0.25) is 9.97 Å². The Bertz CT molecular complexity index is 7740. The first-order valence-electron chi connectivity index (χ1n) is 40.7. The lowest BCUT2D eigenvalue weighted by atomic mass is 9.92. The Morgan fingerprint density at radius 3 is 0.758 bits per heavy atom. The van der Waals surface area contributed by atoms with Gasteiger partial charge in [0.1, 0.15) is 0 Å². The molecule has 6 nitrogen and oxygen atoms in total. The Morgan fingerprint density at radius 1 is 0.125 bits per heavy atom. The summed E-state index contributed by atoms with van der Waals surface area (Å²) < 4.78 is 0. The molecule has 0 unspecified atom stereocenters. The Morgan fingerprint density at radius 2 is 0.383 bits per heavy atom. The Labute approximate surface area is 694 Å². The summed E-state index contributed by atoms with van der Waals surface area (Å²) in [6, 6.07) is 147. The number of aromatic nitrogens is 6. The number of pyridine rings is 2. The van der Waals surface area contributed by atoms with E-state index in [9.17, 15) is 0 Å². The molecule has 0 aliphatic carbocycles. The van der Waals surface area contributed by atoms with E-state index in [0.717, 1.165) is 100 Å². The van der Waals surface area contributed by atoms with E-state index >= 15 is 0 Å². The van der Waals surface area contributed by atoms with Crippen molar-refractivity contribution in [2.24, 2.45) is 0 Å². The van der Waals surface area contributed by atoms with Gasteiger partial charge in [-0.1, -0.05) is 376 Å². The predicted molar refractivity (Wildman–Crippen MR) is 502 cm³/mol. The van der Waals surface area contributed by atoms with Gasteiger partial charge in [0.15, 0.2) is 11.6 Å². The molecule has 6 heteroatoms. The molecular formula is C114H72N6. The molecule has 23 rings (SSSR count). The van der Waals surface area contributed by atoms with E-state index in [1.807, 2.05) is 24.8 Å². The summed E-state index contributed by atoms with van der Waals surface area (Å²) in [5.41, 5.74) is 23.4. The average molecular weight is 1530 g/mol. The minimum Gasteiger partial charge on any atom is -0.263 e. The highest BCUT2D eigenvalue weighted by Crippen LogP contribution is 2.43. The smallest absolute Gasteiger partial charge is 0.160 e. The zero-order chi connectivity index (χ0) is 79.4. The van der Waals surface area contributed by atoms with Crippen LogP contribution < -0.4 is 0 Å². The molecule has 23 aromatic rings. The minimum atomic E-state index is 0.680. The third-order valence-electron chi connectivity index (χ3n) is 23.7. The fourth-order valence-corrected chi connectivity index (χ4v) is 17.7. The Balaban J connectivity index is 0.000000144. The van der Waals surface area contributed by atoms with Crippen molar-refractivity contribution >= 4 is 97.0 Å². The zero-order valence-electron chi connectivity index (χ0n) is 65.3. The maximum absolute atomic E-state index is 5.27. The quantitative estimate of drug-likeness (QED) is 0.113. The van der Waals surface area contributed by atoms with Crippen LogP contribution in [0.3, 0.4) is 0 Å². The van der Waals surface area contributed by atoms with E-state index in [1.165, 1.54) is 120 Å². The number of nitrogens with zero attached hydrogens (tertiary/aromatic N) is 6. The van der Waals surface area contributed by atoms with E-state index in [2.05, 4.69) is 422 Å². The maximum Gasteiger partial charge on any atom is 0.160 e. The lowest BCUT2D eigenvalue weighted by Gasteiger charge is -2.13. The molecular weight excluding hydrogens is 1450 g/mol. The van der Waals surface area contributed by atoms with Crippen LogP contribution in [0, 0.1) is 0 Å². The average Bonchev–Trinajstić information content (AvgIpc) is 0.768. The number of benzene rings is 19. The molecule has 0 radical (unpaired) electrons. The van der Waals surface area contributed by atoms with E-state index in [1.54, 1.807) is 0 Å². The van der Waals surface area contributed by atoms with Crippen molar-refractivity contribution in [3.63, 3.8) is 0 Å².